The summed E-state index contributed by atoms with van der Waals surface area (Å²) in [6.07, 6.45) is 5.35. The van der Waals surface area contributed by atoms with Gasteiger partial charge in [-0.15, -0.1) is 11.3 Å². The molecule has 1 saturated heterocycles. The van der Waals surface area contributed by atoms with Gasteiger partial charge in [-0.3, -0.25) is 14.4 Å². The first-order valence-electron chi connectivity index (χ1n) is 8.50. The van der Waals surface area contributed by atoms with Crippen molar-refractivity contribution >= 4 is 17.2 Å². The van der Waals surface area contributed by atoms with E-state index in [0.29, 0.717) is 13.0 Å². The van der Waals surface area contributed by atoms with E-state index in [1.54, 1.807) is 11.3 Å². The highest BCUT2D eigenvalue weighted by Gasteiger charge is 2.19. The maximum absolute atomic E-state index is 12.5. The lowest BCUT2D eigenvalue weighted by Crippen LogP contribution is -2.35. The maximum Gasteiger partial charge on any atom is 0.224 e. The molecule has 0 atom stereocenters. The molecule has 1 aliphatic rings. The number of carbonyl (C=O) groups is 1. The van der Waals surface area contributed by atoms with Gasteiger partial charge in [-0.1, -0.05) is 0 Å². The molecule has 0 radical (unpaired) electrons. The van der Waals surface area contributed by atoms with Crippen LogP contribution in [0.1, 0.15) is 29.1 Å². The van der Waals surface area contributed by atoms with Crippen LogP contribution in [0.2, 0.25) is 0 Å². The summed E-state index contributed by atoms with van der Waals surface area (Å²) in [5.41, 5.74) is 2.27. The van der Waals surface area contributed by atoms with Crippen molar-refractivity contribution in [3.8, 4) is 0 Å². The molecule has 0 aliphatic carbocycles. The number of amides is 1. The van der Waals surface area contributed by atoms with E-state index in [-0.39, 0.29) is 5.91 Å². The molecule has 24 heavy (non-hydrogen) atoms. The molecule has 3 rings (SSSR count). The van der Waals surface area contributed by atoms with Crippen LogP contribution in [0.3, 0.4) is 0 Å². The zero-order valence-corrected chi connectivity index (χ0v) is 15.3. The van der Waals surface area contributed by atoms with Gasteiger partial charge in [0.2, 0.25) is 5.91 Å². The lowest BCUT2D eigenvalue weighted by molar-refractivity contribution is -0.131. The molecule has 130 valence electrons. The van der Waals surface area contributed by atoms with Gasteiger partial charge in [0.1, 0.15) is 0 Å². The van der Waals surface area contributed by atoms with Gasteiger partial charge < -0.3 is 4.90 Å². The van der Waals surface area contributed by atoms with Gasteiger partial charge in [0, 0.05) is 57.3 Å². The highest BCUT2D eigenvalue weighted by atomic mass is 32.1. The lowest BCUT2D eigenvalue weighted by Gasteiger charge is -2.21. The predicted octanol–water partition coefficient (Wildman–Crippen LogP) is 2.08. The molecule has 7 heteroatoms. The lowest BCUT2D eigenvalue weighted by atomic mass is 10.3. The first-order valence-corrected chi connectivity index (χ1v) is 9.38. The molecule has 0 bridgehead atoms. The minimum absolute atomic E-state index is 0.231. The summed E-state index contributed by atoms with van der Waals surface area (Å²) in [7, 11) is 0. The van der Waals surface area contributed by atoms with Crippen LogP contribution in [-0.4, -0.2) is 56.7 Å². The number of aryl methyl sites for hydroxylation is 3. The second-order valence-corrected chi connectivity index (χ2v) is 7.46. The van der Waals surface area contributed by atoms with Crippen molar-refractivity contribution in [1.82, 2.24) is 24.6 Å². The van der Waals surface area contributed by atoms with Gasteiger partial charge >= 0.3 is 0 Å². The summed E-state index contributed by atoms with van der Waals surface area (Å²) in [6.45, 7) is 9.20. The number of thiazole rings is 1. The predicted molar refractivity (Wildman–Crippen MR) is 94.9 cm³/mol. The SMILES string of the molecule is Cc1cnn(CCC(=O)N2CCCN(Cc3csc(C)n3)CC2)c1. The summed E-state index contributed by atoms with van der Waals surface area (Å²) >= 11 is 1.70. The minimum Gasteiger partial charge on any atom is -0.341 e. The maximum atomic E-state index is 12.5. The number of hydrogen-bond acceptors (Lipinski definition) is 5. The molecule has 3 heterocycles. The zero-order valence-electron chi connectivity index (χ0n) is 14.4. The molecular weight excluding hydrogens is 322 g/mol. The van der Waals surface area contributed by atoms with Gasteiger partial charge in [0.15, 0.2) is 0 Å². The van der Waals surface area contributed by atoms with E-state index in [1.165, 1.54) is 0 Å². The smallest absolute Gasteiger partial charge is 0.224 e. The van der Waals surface area contributed by atoms with E-state index in [2.05, 4.69) is 20.4 Å². The van der Waals surface area contributed by atoms with Crippen LogP contribution >= 0.6 is 11.3 Å². The van der Waals surface area contributed by atoms with Crippen LogP contribution in [0.15, 0.2) is 17.8 Å². The summed E-state index contributed by atoms with van der Waals surface area (Å²) in [4.78, 5) is 21.4. The molecular formula is C17H25N5OS. The van der Waals surface area contributed by atoms with Crippen LogP contribution in [0, 0.1) is 13.8 Å². The Morgan fingerprint density at radius 2 is 2.12 bits per heavy atom. The van der Waals surface area contributed by atoms with Gasteiger partial charge in [-0.05, 0) is 25.8 Å². The Bertz CT molecular complexity index is 680. The van der Waals surface area contributed by atoms with E-state index in [0.717, 1.165) is 55.4 Å². The third-order valence-corrected chi connectivity index (χ3v) is 5.13. The molecule has 0 N–H and O–H groups in total. The van der Waals surface area contributed by atoms with E-state index >= 15 is 0 Å². The molecule has 0 spiro atoms. The Labute approximate surface area is 147 Å². The van der Waals surface area contributed by atoms with Crippen LogP contribution in [0.4, 0.5) is 0 Å². The standard InChI is InChI=1S/C17H25N5OS/c1-14-10-18-22(11-14)7-4-17(23)21-6-3-5-20(8-9-21)12-16-13-24-15(2)19-16/h10-11,13H,3-9,12H2,1-2H3. The van der Waals surface area contributed by atoms with Crippen LogP contribution in [0.25, 0.3) is 0 Å². The van der Waals surface area contributed by atoms with Crippen molar-refractivity contribution in [3.05, 3.63) is 34.0 Å². The molecule has 6 nitrogen and oxygen atoms in total. The second-order valence-electron chi connectivity index (χ2n) is 6.40. The summed E-state index contributed by atoms with van der Waals surface area (Å²) in [6, 6.07) is 0. The largest absolute Gasteiger partial charge is 0.341 e. The number of carbonyl (C=O) groups excluding carboxylic acids is 1. The molecule has 1 fully saturated rings. The fourth-order valence-corrected chi connectivity index (χ4v) is 3.65. The van der Waals surface area contributed by atoms with E-state index in [9.17, 15) is 4.79 Å². The van der Waals surface area contributed by atoms with Crippen molar-refractivity contribution in [2.24, 2.45) is 0 Å². The van der Waals surface area contributed by atoms with Crippen molar-refractivity contribution < 1.29 is 4.79 Å². The number of rotatable bonds is 5. The van der Waals surface area contributed by atoms with Gasteiger partial charge in [-0.25, -0.2) is 4.98 Å². The Morgan fingerprint density at radius 3 is 2.83 bits per heavy atom. The van der Waals surface area contributed by atoms with Gasteiger partial charge in [0.05, 0.1) is 16.9 Å². The monoisotopic (exact) mass is 347 g/mol. The molecule has 0 unspecified atom stereocenters. The topological polar surface area (TPSA) is 54.3 Å². The number of hydrogen-bond donors (Lipinski definition) is 0. The average Bonchev–Trinajstić information content (AvgIpc) is 3.07. The molecule has 0 saturated carbocycles. The van der Waals surface area contributed by atoms with Crippen molar-refractivity contribution in [1.29, 1.82) is 0 Å². The van der Waals surface area contributed by atoms with Gasteiger partial charge in [0.25, 0.3) is 0 Å². The molecule has 2 aromatic rings. The fourth-order valence-electron chi connectivity index (χ4n) is 3.05. The Kier molecular flexibility index (Phi) is 5.63. The first kappa shape index (κ1) is 17.1. The minimum atomic E-state index is 0.231. The Balaban J connectivity index is 1.46. The Hall–Kier alpha value is -1.73. The average molecular weight is 347 g/mol. The van der Waals surface area contributed by atoms with E-state index < -0.39 is 0 Å². The summed E-state index contributed by atoms with van der Waals surface area (Å²) in [5.74, 6) is 0.231. The number of aromatic nitrogens is 3. The highest BCUT2D eigenvalue weighted by molar-refractivity contribution is 7.09. The molecule has 1 aliphatic heterocycles. The first-order chi connectivity index (χ1) is 11.6. The van der Waals surface area contributed by atoms with Crippen LogP contribution in [-0.2, 0) is 17.9 Å². The molecule has 2 aromatic heterocycles. The highest BCUT2D eigenvalue weighted by Crippen LogP contribution is 2.13. The van der Waals surface area contributed by atoms with E-state index in [4.69, 9.17) is 0 Å². The fraction of sp³-hybridized carbons (Fsp3) is 0.588. The zero-order chi connectivity index (χ0) is 16.9. The van der Waals surface area contributed by atoms with Crippen LogP contribution < -0.4 is 0 Å². The quantitative estimate of drug-likeness (QED) is 0.831. The Morgan fingerprint density at radius 1 is 1.25 bits per heavy atom. The summed E-state index contributed by atoms with van der Waals surface area (Å²) in [5, 5.41) is 7.49. The van der Waals surface area contributed by atoms with E-state index in [1.807, 2.05) is 35.8 Å². The second kappa shape index (κ2) is 7.90. The molecule has 1 amide bonds. The van der Waals surface area contributed by atoms with Crippen molar-refractivity contribution in [3.63, 3.8) is 0 Å². The van der Waals surface area contributed by atoms with Crippen molar-refractivity contribution in [2.45, 2.75) is 39.8 Å². The van der Waals surface area contributed by atoms with Crippen molar-refractivity contribution in [2.75, 3.05) is 26.2 Å². The summed E-state index contributed by atoms with van der Waals surface area (Å²) < 4.78 is 1.85. The molecule has 0 aromatic carbocycles. The number of nitrogens with zero attached hydrogens (tertiary/aromatic N) is 5. The third-order valence-electron chi connectivity index (χ3n) is 4.31. The normalized spacial score (nSPS) is 16.3. The third kappa shape index (κ3) is 4.64. The van der Waals surface area contributed by atoms with Crippen LogP contribution in [0.5, 0.6) is 0 Å². The van der Waals surface area contributed by atoms with Gasteiger partial charge in [-0.2, -0.15) is 5.10 Å².